The minimum atomic E-state index is -1.13. The van der Waals surface area contributed by atoms with E-state index < -0.39 is 23.4 Å². The Morgan fingerprint density at radius 1 is 0.875 bits per heavy atom. The summed E-state index contributed by atoms with van der Waals surface area (Å²) in [6.07, 6.45) is 0.520. The number of carbonyl (C=O) groups is 4. The van der Waals surface area contributed by atoms with Crippen molar-refractivity contribution in [3.8, 4) is 0 Å². The molecule has 248 valence electrons. The first-order chi connectivity index (χ1) is 22.9. The van der Waals surface area contributed by atoms with Crippen molar-refractivity contribution in [3.63, 3.8) is 0 Å². The molecule has 3 N–H and O–H groups in total. The molecule has 4 aromatic rings. The number of anilines is 1. The van der Waals surface area contributed by atoms with Crippen LogP contribution in [0, 0.1) is 18.6 Å². The molecule has 0 spiro atoms. The standard InChI is InChI=1S/C37H37F2N5O4/c1-23-4-8-25(9-5-23)33-19-27-12-14-29(41-35(46)28-13-15-31(38)32(39)18-28)20-30(27)37(48)44(33)21-24-6-10-26(11-7-24)36(47)43(22-34(40)45)17-16-42(2)3/h4-15,18,20,33H,16-17,19,21-22H2,1-3H3,(H2,40,45)(H,41,46). The second-order valence-electron chi connectivity index (χ2n) is 12.2. The van der Waals surface area contributed by atoms with E-state index in [0.29, 0.717) is 36.3 Å². The lowest BCUT2D eigenvalue weighted by Gasteiger charge is -2.37. The number of aryl methyl sites for hydroxylation is 1. The summed E-state index contributed by atoms with van der Waals surface area (Å²) in [4.78, 5) is 56.9. The van der Waals surface area contributed by atoms with Crippen LogP contribution in [-0.2, 0) is 17.8 Å². The van der Waals surface area contributed by atoms with Crippen LogP contribution in [0.3, 0.4) is 0 Å². The molecule has 1 aliphatic heterocycles. The molecule has 1 atom stereocenters. The Morgan fingerprint density at radius 2 is 1.56 bits per heavy atom. The van der Waals surface area contributed by atoms with Crippen LogP contribution in [0.4, 0.5) is 14.5 Å². The largest absolute Gasteiger partial charge is 0.368 e. The van der Waals surface area contributed by atoms with E-state index in [4.69, 9.17) is 5.73 Å². The van der Waals surface area contributed by atoms with E-state index in [1.807, 2.05) is 50.2 Å². The zero-order chi connectivity index (χ0) is 34.5. The van der Waals surface area contributed by atoms with Crippen molar-refractivity contribution in [2.45, 2.75) is 25.9 Å². The second kappa shape index (κ2) is 14.6. The number of benzene rings is 4. The molecule has 9 nitrogen and oxygen atoms in total. The number of hydrogen-bond donors (Lipinski definition) is 2. The predicted molar refractivity (Wildman–Crippen MR) is 178 cm³/mol. The monoisotopic (exact) mass is 653 g/mol. The van der Waals surface area contributed by atoms with Crippen LogP contribution in [0.25, 0.3) is 0 Å². The van der Waals surface area contributed by atoms with Gasteiger partial charge in [0, 0.05) is 42.0 Å². The molecule has 11 heteroatoms. The van der Waals surface area contributed by atoms with Crippen molar-refractivity contribution in [2.24, 2.45) is 5.73 Å². The molecule has 5 rings (SSSR count). The molecule has 0 saturated heterocycles. The number of primary amides is 1. The highest BCUT2D eigenvalue weighted by Gasteiger charge is 2.34. The van der Waals surface area contributed by atoms with Gasteiger partial charge in [-0.3, -0.25) is 19.2 Å². The average molecular weight is 654 g/mol. The van der Waals surface area contributed by atoms with Crippen LogP contribution in [0.2, 0.25) is 0 Å². The van der Waals surface area contributed by atoms with Gasteiger partial charge in [0.2, 0.25) is 5.91 Å². The minimum Gasteiger partial charge on any atom is -0.368 e. The Balaban J connectivity index is 1.40. The van der Waals surface area contributed by atoms with Gasteiger partial charge in [0.05, 0.1) is 12.6 Å². The van der Waals surface area contributed by atoms with Crippen LogP contribution in [-0.4, -0.2) is 72.1 Å². The summed E-state index contributed by atoms with van der Waals surface area (Å²) in [5.74, 6) is -4.00. The fourth-order valence-corrected chi connectivity index (χ4v) is 5.65. The van der Waals surface area contributed by atoms with Crippen LogP contribution in [0.5, 0.6) is 0 Å². The van der Waals surface area contributed by atoms with Gasteiger partial charge in [0.15, 0.2) is 11.6 Å². The topological polar surface area (TPSA) is 116 Å². The Bertz CT molecular complexity index is 1840. The molecule has 4 aromatic carbocycles. The molecule has 1 heterocycles. The first-order valence-corrected chi connectivity index (χ1v) is 15.5. The third kappa shape index (κ3) is 7.92. The number of nitrogens with one attached hydrogen (secondary N) is 1. The number of halogens is 2. The van der Waals surface area contributed by atoms with E-state index in [0.717, 1.165) is 34.4 Å². The lowest BCUT2D eigenvalue weighted by atomic mass is 9.88. The molecule has 0 aliphatic carbocycles. The molecular weight excluding hydrogens is 616 g/mol. The Kier molecular flexibility index (Phi) is 10.3. The average Bonchev–Trinajstić information content (AvgIpc) is 3.06. The highest BCUT2D eigenvalue weighted by atomic mass is 19.2. The van der Waals surface area contributed by atoms with Gasteiger partial charge in [-0.05, 0) is 86.6 Å². The van der Waals surface area contributed by atoms with E-state index >= 15 is 0 Å². The third-order valence-corrected chi connectivity index (χ3v) is 8.30. The Labute approximate surface area is 277 Å². The van der Waals surface area contributed by atoms with E-state index in [1.54, 1.807) is 47.4 Å². The fraction of sp³-hybridized carbons (Fsp3) is 0.243. The molecule has 1 aliphatic rings. The summed E-state index contributed by atoms with van der Waals surface area (Å²) in [6, 6.07) is 22.6. The van der Waals surface area contributed by atoms with E-state index in [9.17, 15) is 28.0 Å². The highest BCUT2D eigenvalue weighted by Crippen LogP contribution is 2.36. The van der Waals surface area contributed by atoms with Gasteiger partial charge in [-0.25, -0.2) is 8.78 Å². The zero-order valence-corrected chi connectivity index (χ0v) is 27.0. The summed E-state index contributed by atoms with van der Waals surface area (Å²) in [5.41, 5.74) is 10.1. The number of amides is 4. The van der Waals surface area contributed by atoms with Crippen LogP contribution in [0.1, 0.15) is 59.4 Å². The van der Waals surface area contributed by atoms with Crippen molar-refractivity contribution < 1.29 is 28.0 Å². The van der Waals surface area contributed by atoms with Crippen molar-refractivity contribution in [2.75, 3.05) is 39.0 Å². The number of carbonyl (C=O) groups excluding carboxylic acids is 4. The molecule has 0 bridgehead atoms. The van der Waals surface area contributed by atoms with Crippen molar-refractivity contribution in [3.05, 3.63) is 136 Å². The predicted octanol–water partition coefficient (Wildman–Crippen LogP) is 4.95. The lowest BCUT2D eigenvalue weighted by Crippen LogP contribution is -2.42. The number of fused-ring (bicyclic) bond motifs is 1. The normalized spacial score (nSPS) is 14.1. The maximum Gasteiger partial charge on any atom is 0.255 e. The Hall–Kier alpha value is -5.42. The SMILES string of the molecule is Cc1ccc(C2Cc3ccc(NC(=O)c4ccc(F)c(F)c4)cc3C(=O)N2Cc2ccc(C(=O)N(CCN(C)C)CC(N)=O)cc2)cc1. The molecule has 0 fully saturated rings. The van der Waals surface area contributed by atoms with Crippen molar-refractivity contribution >= 4 is 29.3 Å². The Morgan fingerprint density at radius 3 is 2.21 bits per heavy atom. The van der Waals surface area contributed by atoms with Crippen molar-refractivity contribution in [1.29, 1.82) is 0 Å². The van der Waals surface area contributed by atoms with Gasteiger partial charge in [0.1, 0.15) is 0 Å². The highest BCUT2D eigenvalue weighted by molar-refractivity contribution is 6.05. The number of nitrogens with two attached hydrogens (primary N) is 1. The van der Waals surface area contributed by atoms with Gasteiger partial charge in [-0.2, -0.15) is 0 Å². The summed E-state index contributed by atoms with van der Waals surface area (Å²) < 4.78 is 27.1. The fourth-order valence-electron chi connectivity index (χ4n) is 5.65. The molecule has 0 saturated carbocycles. The quantitative estimate of drug-likeness (QED) is 0.238. The van der Waals surface area contributed by atoms with Gasteiger partial charge < -0.3 is 25.8 Å². The number of hydrogen-bond acceptors (Lipinski definition) is 5. The van der Waals surface area contributed by atoms with Gasteiger partial charge >= 0.3 is 0 Å². The van der Waals surface area contributed by atoms with Gasteiger partial charge in [-0.15, -0.1) is 0 Å². The number of nitrogens with zero attached hydrogens (tertiary/aromatic N) is 3. The van der Waals surface area contributed by atoms with Crippen LogP contribution >= 0.6 is 0 Å². The van der Waals surface area contributed by atoms with Gasteiger partial charge in [-0.1, -0.05) is 48.0 Å². The summed E-state index contributed by atoms with van der Waals surface area (Å²) in [5, 5.41) is 2.68. The maximum atomic E-state index is 14.2. The molecular formula is C37H37F2N5O4. The van der Waals surface area contributed by atoms with Crippen LogP contribution < -0.4 is 11.1 Å². The van der Waals surface area contributed by atoms with Crippen molar-refractivity contribution in [1.82, 2.24) is 14.7 Å². The maximum absolute atomic E-state index is 14.2. The lowest BCUT2D eigenvalue weighted by molar-refractivity contribution is -0.118. The molecule has 4 amide bonds. The van der Waals surface area contributed by atoms with Crippen LogP contribution in [0.15, 0.2) is 84.9 Å². The van der Waals surface area contributed by atoms with E-state index in [-0.39, 0.29) is 36.5 Å². The first-order valence-electron chi connectivity index (χ1n) is 15.5. The second-order valence-corrected chi connectivity index (χ2v) is 12.2. The zero-order valence-electron chi connectivity index (χ0n) is 27.0. The third-order valence-electron chi connectivity index (χ3n) is 8.30. The number of likely N-dealkylation sites (N-methyl/N-ethyl adjacent to an activating group) is 1. The molecule has 48 heavy (non-hydrogen) atoms. The van der Waals surface area contributed by atoms with E-state index in [1.165, 1.54) is 11.0 Å². The summed E-state index contributed by atoms with van der Waals surface area (Å²) >= 11 is 0. The summed E-state index contributed by atoms with van der Waals surface area (Å²) in [6.45, 7) is 2.93. The molecule has 1 unspecified atom stereocenters. The molecule has 0 aromatic heterocycles. The first kappa shape index (κ1) is 33.9. The van der Waals surface area contributed by atoms with E-state index in [2.05, 4.69) is 5.32 Å². The van der Waals surface area contributed by atoms with Gasteiger partial charge in [0.25, 0.3) is 17.7 Å². The smallest absolute Gasteiger partial charge is 0.255 e. The number of rotatable bonds is 11. The molecule has 0 radical (unpaired) electrons. The minimum absolute atomic E-state index is 0.0589. The summed E-state index contributed by atoms with van der Waals surface area (Å²) in [7, 11) is 3.75.